The zero-order valence-corrected chi connectivity index (χ0v) is 30.9. The molecule has 0 spiro atoms. The van der Waals surface area contributed by atoms with E-state index in [1.165, 1.54) is 42.5 Å². The normalized spacial score (nSPS) is 12.3. The number of nitrogens with one attached hydrogen (secondary N) is 3. The van der Waals surface area contributed by atoms with Crippen LogP contribution in [-0.4, -0.2) is 58.3 Å². The third kappa shape index (κ3) is 13.0. The van der Waals surface area contributed by atoms with Crippen LogP contribution < -0.4 is 20.7 Å². The third-order valence-electron chi connectivity index (χ3n) is 7.07. The molecule has 0 aromatic heterocycles. The first kappa shape index (κ1) is 39.8. The molecule has 13 nitrogen and oxygen atoms in total. The van der Waals surface area contributed by atoms with Crippen molar-refractivity contribution < 1.29 is 43.3 Å². The van der Waals surface area contributed by atoms with Crippen molar-refractivity contribution in [3.05, 3.63) is 107 Å². The van der Waals surface area contributed by atoms with Crippen LogP contribution in [0.25, 0.3) is 10.8 Å². The smallest absolute Gasteiger partial charge is 0.437 e. The molecular formula is C39H41ClN4O9. The fourth-order valence-corrected chi connectivity index (χ4v) is 5.05. The molecule has 4 rings (SSSR count). The lowest BCUT2D eigenvalue weighted by molar-refractivity contribution is -0.141. The van der Waals surface area contributed by atoms with Crippen LogP contribution in [0.4, 0.5) is 15.3 Å². The monoisotopic (exact) mass is 744 g/mol. The maximum atomic E-state index is 12.9. The van der Waals surface area contributed by atoms with E-state index in [0.717, 1.165) is 16.3 Å². The Morgan fingerprint density at radius 3 is 2.09 bits per heavy atom. The number of guanidine groups is 1. The first-order chi connectivity index (χ1) is 24.8. The fourth-order valence-electron chi connectivity index (χ4n) is 4.81. The molecule has 4 aromatic carbocycles. The number of benzene rings is 4. The predicted molar refractivity (Wildman–Crippen MR) is 200 cm³/mol. The molecule has 278 valence electrons. The number of hydrogen-bond donors (Lipinski definition) is 4. The molecular weight excluding hydrogens is 704 g/mol. The van der Waals surface area contributed by atoms with E-state index in [2.05, 4.69) is 20.9 Å². The van der Waals surface area contributed by atoms with Crippen molar-refractivity contribution in [2.75, 3.05) is 5.32 Å². The van der Waals surface area contributed by atoms with Crippen LogP contribution in [0.1, 0.15) is 63.0 Å². The first-order valence-electron chi connectivity index (χ1n) is 16.5. The molecule has 3 amide bonds. The van der Waals surface area contributed by atoms with Gasteiger partial charge >= 0.3 is 24.1 Å². The van der Waals surface area contributed by atoms with E-state index in [-0.39, 0.29) is 35.1 Å². The number of fused-ring (bicyclic) bond motifs is 1. The van der Waals surface area contributed by atoms with Crippen molar-refractivity contribution in [1.29, 1.82) is 0 Å². The van der Waals surface area contributed by atoms with Gasteiger partial charge in [0.1, 0.15) is 23.0 Å². The van der Waals surface area contributed by atoms with Crippen LogP contribution in [0.5, 0.6) is 5.75 Å². The summed E-state index contributed by atoms with van der Waals surface area (Å²) in [6, 6.07) is 22.4. The Morgan fingerprint density at radius 2 is 1.47 bits per heavy atom. The maximum absolute atomic E-state index is 12.9. The second-order valence-corrected chi connectivity index (χ2v) is 14.3. The number of aliphatic imine (C=N–C) groups is 1. The van der Waals surface area contributed by atoms with E-state index in [1.807, 2.05) is 42.5 Å². The SMILES string of the molecule is CC(C)(C)OC(=O)/N=C(\NC(=O)OC(C)(C)C)Nc1ccc(C(=O)Oc2ccc(CC(=O)N[C@@H](Cc3ccc4ccccc4c3)C(=O)O)c(Cl)c2)cc1. The van der Waals surface area contributed by atoms with Gasteiger partial charge < -0.3 is 30.0 Å². The molecule has 53 heavy (non-hydrogen) atoms. The van der Waals surface area contributed by atoms with Gasteiger partial charge in [0.2, 0.25) is 11.9 Å². The van der Waals surface area contributed by atoms with Crippen LogP contribution >= 0.6 is 11.6 Å². The summed E-state index contributed by atoms with van der Waals surface area (Å²) in [5.41, 5.74) is 0.0354. The van der Waals surface area contributed by atoms with Crippen LogP contribution in [0.15, 0.2) is 89.9 Å². The van der Waals surface area contributed by atoms with Gasteiger partial charge in [-0.3, -0.25) is 10.1 Å². The highest BCUT2D eigenvalue weighted by molar-refractivity contribution is 6.31. The number of carbonyl (C=O) groups is 5. The van der Waals surface area contributed by atoms with Crippen molar-refractivity contribution in [2.24, 2.45) is 4.99 Å². The quantitative estimate of drug-likeness (QED) is 0.0588. The number of carboxylic acids is 1. The lowest BCUT2D eigenvalue weighted by Gasteiger charge is -2.21. The molecule has 0 radical (unpaired) electrons. The number of rotatable bonds is 9. The van der Waals surface area contributed by atoms with Gasteiger partial charge in [0.25, 0.3) is 0 Å². The minimum Gasteiger partial charge on any atom is -0.480 e. The van der Waals surface area contributed by atoms with E-state index in [1.54, 1.807) is 41.5 Å². The summed E-state index contributed by atoms with van der Waals surface area (Å²) in [4.78, 5) is 66.3. The lowest BCUT2D eigenvalue weighted by Crippen LogP contribution is -2.43. The van der Waals surface area contributed by atoms with Crippen LogP contribution in [0.3, 0.4) is 0 Å². The Bertz CT molecular complexity index is 2030. The number of amides is 3. The molecule has 14 heteroatoms. The van der Waals surface area contributed by atoms with Gasteiger partial charge in [0.15, 0.2) is 0 Å². The molecule has 1 atom stereocenters. The van der Waals surface area contributed by atoms with E-state index in [4.69, 9.17) is 25.8 Å². The summed E-state index contributed by atoms with van der Waals surface area (Å²) in [6.07, 6.45) is -1.93. The highest BCUT2D eigenvalue weighted by Crippen LogP contribution is 2.25. The number of esters is 1. The minimum atomic E-state index is -1.17. The molecule has 0 bridgehead atoms. The Kier molecular flexibility index (Phi) is 12.8. The molecule has 4 N–H and O–H groups in total. The number of alkyl carbamates (subject to hydrolysis) is 1. The van der Waals surface area contributed by atoms with E-state index >= 15 is 0 Å². The molecule has 0 aliphatic rings. The summed E-state index contributed by atoms with van der Waals surface area (Å²) >= 11 is 6.42. The topological polar surface area (TPSA) is 182 Å². The van der Waals surface area contributed by atoms with Crippen molar-refractivity contribution in [3.63, 3.8) is 0 Å². The number of carbonyl (C=O) groups excluding carboxylic acids is 4. The standard InChI is InChI=1S/C39H41ClN4O9/c1-38(2,3)52-36(49)43-35(44-37(50)53-39(4,5)6)41-28-16-13-25(14-17-28)34(48)51-29-18-15-27(30(40)22-29)21-32(45)42-31(33(46)47)20-23-11-12-24-9-7-8-10-26(24)19-23/h7-19,22,31H,20-21H2,1-6H3,(H,42,45)(H,46,47)(H2,41,43,44,49,50)/t31-/m0/s1. The van der Waals surface area contributed by atoms with Crippen LogP contribution in [-0.2, 0) is 31.9 Å². The number of anilines is 1. The summed E-state index contributed by atoms with van der Waals surface area (Å²) in [5, 5.41) is 19.6. The second-order valence-electron chi connectivity index (χ2n) is 13.9. The van der Waals surface area contributed by atoms with Crippen molar-refractivity contribution in [1.82, 2.24) is 10.6 Å². The van der Waals surface area contributed by atoms with Crippen LogP contribution in [0, 0.1) is 0 Å². The highest BCUT2D eigenvalue weighted by atomic mass is 35.5. The number of halogens is 1. The molecule has 0 heterocycles. The third-order valence-corrected chi connectivity index (χ3v) is 7.42. The largest absolute Gasteiger partial charge is 0.480 e. The predicted octanol–water partition coefficient (Wildman–Crippen LogP) is 7.29. The molecule has 0 fully saturated rings. The molecule has 4 aromatic rings. The zero-order valence-electron chi connectivity index (χ0n) is 30.1. The van der Waals surface area contributed by atoms with Gasteiger partial charge in [-0.25, -0.2) is 19.2 Å². The second kappa shape index (κ2) is 17.0. The average Bonchev–Trinajstić information content (AvgIpc) is 3.04. The Labute approximate surface area is 311 Å². The summed E-state index contributed by atoms with van der Waals surface area (Å²) < 4.78 is 15.9. The summed E-state index contributed by atoms with van der Waals surface area (Å²) in [7, 11) is 0. The lowest BCUT2D eigenvalue weighted by atomic mass is 10.0. The van der Waals surface area contributed by atoms with Gasteiger partial charge in [-0.2, -0.15) is 0 Å². The number of hydrogen-bond acceptors (Lipinski definition) is 8. The molecule has 0 saturated carbocycles. The van der Waals surface area contributed by atoms with Gasteiger partial charge in [-0.1, -0.05) is 60.1 Å². The average molecular weight is 745 g/mol. The molecule has 0 saturated heterocycles. The Hall–Kier alpha value is -5.95. The molecule has 0 aliphatic heterocycles. The summed E-state index contributed by atoms with van der Waals surface area (Å²) in [6.45, 7) is 10.0. The number of carboxylic acid groups (broad SMARTS) is 1. The fraction of sp³-hybridized carbons (Fsp3) is 0.282. The number of aliphatic carboxylic acids is 1. The van der Waals surface area contributed by atoms with E-state index < -0.39 is 47.3 Å². The number of nitrogens with zero attached hydrogens (tertiary/aromatic N) is 1. The van der Waals surface area contributed by atoms with Crippen molar-refractivity contribution >= 4 is 64.1 Å². The maximum Gasteiger partial charge on any atom is 0.437 e. The van der Waals surface area contributed by atoms with Crippen molar-refractivity contribution in [2.45, 2.75) is 71.6 Å². The first-order valence-corrected chi connectivity index (χ1v) is 16.9. The van der Waals surface area contributed by atoms with Gasteiger partial charge in [-0.15, -0.1) is 4.99 Å². The highest BCUT2D eigenvalue weighted by Gasteiger charge is 2.23. The van der Waals surface area contributed by atoms with Crippen LogP contribution in [0.2, 0.25) is 5.02 Å². The van der Waals surface area contributed by atoms with E-state index in [9.17, 15) is 29.1 Å². The van der Waals surface area contributed by atoms with Crippen molar-refractivity contribution in [3.8, 4) is 5.75 Å². The van der Waals surface area contributed by atoms with E-state index in [0.29, 0.717) is 11.3 Å². The Balaban J connectivity index is 1.36. The molecule has 0 unspecified atom stereocenters. The summed E-state index contributed by atoms with van der Waals surface area (Å²) in [5.74, 6) is -2.59. The van der Waals surface area contributed by atoms with Gasteiger partial charge in [0, 0.05) is 17.1 Å². The van der Waals surface area contributed by atoms with Gasteiger partial charge in [0.05, 0.1) is 12.0 Å². The van der Waals surface area contributed by atoms with Gasteiger partial charge in [-0.05, 0) is 99.8 Å². The Morgan fingerprint density at radius 1 is 0.811 bits per heavy atom. The molecule has 0 aliphatic carbocycles. The minimum absolute atomic E-state index is 0.0926. The zero-order chi connectivity index (χ0) is 38.9. The number of ether oxygens (including phenoxy) is 3.